The van der Waals surface area contributed by atoms with Gasteiger partial charge in [0, 0.05) is 85.8 Å². The lowest BCUT2D eigenvalue weighted by Gasteiger charge is -2.12. The molecule has 6 heterocycles. The second-order valence-electron chi connectivity index (χ2n) is 12.2. The fraction of sp³-hybridized carbons (Fsp3) is 0.150. The van der Waals surface area contributed by atoms with E-state index in [1.807, 2.05) is 97.3 Å². The summed E-state index contributed by atoms with van der Waals surface area (Å²) in [6, 6.07) is 12.2. The van der Waals surface area contributed by atoms with Crippen molar-refractivity contribution in [1.82, 2.24) is 25.1 Å². The molecule has 14 heteroatoms. The van der Waals surface area contributed by atoms with Crippen LogP contribution in [0.25, 0.3) is 22.5 Å². The van der Waals surface area contributed by atoms with Gasteiger partial charge in [0.1, 0.15) is 6.04 Å². The number of hydrogen-bond acceptors (Lipinski definition) is 9. The van der Waals surface area contributed by atoms with Crippen molar-refractivity contribution in [3.05, 3.63) is 156 Å². The van der Waals surface area contributed by atoms with Crippen LogP contribution in [0.4, 0.5) is 0 Å². The van der Waals surface area contributed by atoms with Gasteiger partial charge in [-0.1, -0.05) is 8.73 Å². The highest BCUT2D eigenvalue weighted by molar-refractivity contribution is 5.99. The van der Waals surface area contributed by atoms with Crippen LogP contribution in [0.3, 0.4) is 0 Å². The minimum absolute atomic E-state index is 0.136. The van der Waals surface area contributed by atoms with Crippen molar-refractivity contribution < 1.29 is 32.6 Å². The molecule has 0 saturated carbocycles. The molecule has 0 saturated heterocycles. The van der Waals surface area contributed by atoms with Gasteiger partial charge in [0.25, 0.3) is 5.91 Å². The fourth-order valence-corrected chi connectivity index (χ4v) is 5.27. The van der Waals surface area contributed by atoms with E-state index < -0.39 is 36.2 Å². The second-order valence-corrected chi connectivity index (χ2v) is 12.2. The average molecular weight is 724 g/mol. The summed E-state index contributed by atoms with van der Waals surface area (Å²) in [5.74, 6) is -2.54. The normalized spacial score (nSPS) is 13.8. The SMILES string of the molecule is CCOC(=O)c1ccc(-c2ccc(C(=O)NC(CC(=O)N=[n+]3ccc(=C4C=CN(C)C=C4)cc3)C(=O)N=[n+]3ccc(=C4C=CN(C)C=C4)cc3)cn2)nc1. The number of nitrogens with one attached hydrogen (secondary N) is 1. The van der Waals surface area contributed by atoms with E-state index in [0.717, 1.165) is 21.6 Å². The van der Waals surface area contributed by atoms with E-state index in [4.69, 9.17) is 4.74 Å². The quantitative estimate of drug-likeness (QED) is 0.213. The van der Waals surface area contributed by atoms with Crippen LogP contribution in [0.5, 0.6) is 0 Å². The number of nitrogens with zero attached hydrogens (tertiary/aromatic N) is 8. The van der Waals surface area contributed by atoms with Gasteiger partial charge in [0.05, 0.1) is 35.5 Å². The molecule has 1 atom stereocenters. The zero-order valence-corrected chi connectivity index (χ0v) is 29.8. The molecule has 2 aliphatic rings. The number of ether oxygens (including phenoxy) is 1. The Balaban J connectivity index is 1.22. The Morgan fingerprint density at radius 1 is 0.704 bits per heavy atom. The van der Waals surface area contributed by atoms with E-state index in [0.29, 0.717) is 17.0 Å². The molecule has 6 rings (SSSR count). The van der Waals surface area contributed by atoms with E-state index >= 15 is 0 Å². The maximum absolute atomic E-state index is 13.6. The van der Waals surface area contributed by atoms with Crippen molar-refractivity contribution in [3.63, 3.8) is 0 Å². The van der Waals surface area contributed by atoms with Gasteiger partial charge < -0.3 is 19.9 Å². The molecule has 1 unspecified atom stereocenters. The van der Waals surface area contributed by atoms with Crippen molar-refractivity contribution in [3.8, 4) is 11.4 Å². The van der Waals surface area contributed by atoms with Gasteiger partial charge in [-0.3, -0.25) is 24.4 Å². The smallest absolute Gasteiger partial charge is 0.339 e. The van der Waals surface area contributed by atoms with E-state index in [-0.39, 0.29) is 12.2 Å². The molecular formula is C40H37N9O5+2. The molecule has 54 heavy (non-hydrogen) atoms. The summed E-state index contributed by atoms with van der Waals surface area (Å²) >= 11 is 0. The molecular weight excluding hydrogens is 686 g/mol. The third-order valence-electron chi connectivity index (χ3n) is 8.24. The molecule has 2 aliphatic heterocycles. The molecule has 1 N–H and O–H groups in total. The number of rotatable bonds is 8. The predicted octanol–water partition coefficient (Wildman–Crippen LogP) is 2.15. The predicted molar refractivity (Wildman–Crippen MR) is 196 cm³/mol. The average Bonchev–Trinajstić information content (AvgIpc) is 3.19. The highest BCUT2D eigenvalue weighted by atomic mass is 16.5. The number of hydrogen-bond donors (Lipinski definition) is 1. The summed E-state index contributed by atoms with van der Waals surface area (Å²) in [5, 5.41) is 12.8. The third-order valence-corrected chi connectivity index (χ3v) is 8.24. The number of esters is 1. The Labute approximate surface area is 310 Å². The number of carbonyl (C=O) groups is 4. The lowest BCUT2D eigenvalue weighted by atomic mass is 10.1. The van der Waals surface area contributed by atoms with E-state index in [9.17, 15) is 19.2 Å². The van der Waals surface area contributed by atoms with Crippen LogP contribution in [0.15, 0.2) is 145 Å². The topological polar surface area (TPSA) is 158 Å². The van der Waals surface area contributed by atoms with Crippen LogP contribution < -0.4 is 24.5 Å². The fourth-order valence-electron chi connectivity index (χ4n) is 5.27. The van der Waals surface area contributed by atoms with Crippen molar-refractivity contribution >= 4 is 34.8 Å². The van der Waals surface area contributed by atoms with Crippen LogP contribution in [0.1, 0.15) is 34.1 Å². The van der Waals surface area contributed by atoms with Gasteiger partial charge in [0.15, 0.2) is 0 Å². The van der Waals surface area contributed by atoms with Gasteiger partial charge in [-0.15, -0.1) is 0 Å². The van der Waals surface area contributed by atoms with E-state index in [2.05, 4.69) is 25.5 Å². The molecule has 0 bridgehead atoms. The number of carbonyl (C=O) groups excluding carboxylic acids is 4. The molecule has 4 aromatic heterocycles. The maximum Gasteiger partial charge on any atom is 0.339 e. The summed E-state index contributed by atoms with van der Waals surface area (Å²) in [7, 11) is 3.86. The van der Waals surface area contributed by atoms with Crippen LogP contribution in [0.2, 0.25) is 0 Å². The lowest BCUT2D eigenvalue weighted by Crippen LogP contribution is -2.43. The molecule has 0 aliphatic carbocycles. The highest BCUT2D eigenvalue weighted by Gasteiger charge is 2.28. The monoisotopic (exact) mass is 723 g/mol. The molecule has 0 fully saturated rings. The molecule has 0 aromatic carbocycles. The van der Waals surface area contributed by atoms with Gasteiger partial charge in [-0.05, 0) is 77.1 Å². The van der Waals surface area contributed by atoms with Crippen molar-refractivity contribution in [2.24, 2.45) is 10.2 Å². The van der Waals surface area contributed by atoms with E-state index in [1.54, 1.807) is 49.9 Å². The van der Waals surface area contributed by atoms with Crippen LogP contribution in [0, 0.1) is 0 Å². The van der Waals surface area contributed by atoms with Crippen molar-refractivity contribution in [2.75, 3.05) is 20.7 Å². The summed E-state index contributed by atoms with van der Waals surface area (Å²) in [5.41, 5.74) is 3.34. The Bertz CT molecular complexity index is 2400. The Morgan fingerprint density at radius 3 is 1.65 bits per heavy atom. The number of amides is 3. The zero-order chi connectivity index (χ0) is 38.0. The Kier molecular flexibility index (Phi) is 11.4. The molecule has 0 radical (unpaired) electrons. The molecule has 4 aromatic rings. The van der Waals surface area contributed by atoms with Gasteiger partial charge in [0.2, 0.25) is 24.8 Å². The summed E-state index contributed by atoms with van der Waals surface area (Å²) < 4.78 is 7.67. The first kappa shape index (κ1) is 36.6. The lowest BCUT2D eigenvalue weighted by molar-refractivity contribution is -0.543. The first-order valence-electron chi connectivity index (χ1n) is 17.0. The summed E-state index contributed by atoms with van der Waals surface area (Å²) in [6.45, 7) is 1.96. The molecule has 0 spiro atoms. The minimum Gasteiger partial charge on any atom is -0.462 e. The first-order chi connectivity index (χ1) is 26.1. The standard InChI is InChI=1S/C40H36N9O5/c1-4-54-40(53)33-6-8-35(42-27-33)34-7-5-32(26-41-34)38(51)43-36(39(52)45-49-23-15-31(16-24-49)29-11-19-47(3)20-12-29)25-37(50)44-48-21-13-30(14-22-48)28-9-17-46(2)18-10-28/h5-24,26-27,36H,4,25H2,1-3H3/q+1/p+1. The van der Waals surface area contributed by atoms with E-state index in [1.165, 1.54) is 27.2 Å². The van der Waals surface area contributed by atoms with Crippen LogP contribution >= 0.6 is 0 Å². The minimum atomic E-state index is -1.35. The number of pyridine rings is 4. The third kappa shape index (κ3) is 9.36. The highest BCUT2D eigenvalue weighted by Crippen LogP contribution is 2.16. The van der Waals surface area contributed by atoms with Gasteiger partial charge in [-0.25, -0.2) is 4.79 Å². The first-order valence-corrected chi connectivity index (χ1v) is 17.0. The summed E-state index contributed by atoms with van der Waals surface area (Å²) in [4.78, 5) is 64.7. The molecule has 3 amide bonds. The maximum atomic E-state index is 13.6. The Hall–Kier alpha value is -7.22. The van der Waals surface area contributed by atoms with Gasteiger partial charge >= 0.3 is 17.8 Å². The number of allylic oxidation sites excluding steroid dienone is 4. The van der Waals surface area contributed by atoms with Crippen LogP contribution in [-0.4, -0.2) is 70.2 Å². The van der Waals surface area contributed by atoms with Crippen LogP contribution in [-0.2, 0) is 14.3 Å². The second kappa shape index (κ2) is 16.9. The van der Waals surface area contributed by atoms with Gasteiger partial charge in [-0.2, -0.15) is 0 Å². The Morgan fingerprint density at radius 2 is 1.19 bits per heavy atom. The zero-order valence-electron chi connectivity index (χ0n) is 29.8. The summed E-state index contributed by atoms with van der Waals surface area (Å²) in [6.07, 6.45) is 24.4. The largest absolute Gasteiger partial charge is 0.462 e. The van der Waals surface area contributed by atoms with Crippen molar-refractivity contribution in [2.45, 2.75) is 19.4 Å². The van der Waals surface area contributed by atoms with Crippen molar-refractivity contribution in [1.29, 1.82) is 0 Å². The molecule has 14 nitrogen and oxygen atoms in total. The number of aromatic nitrogens is 4. The molecule has 270 valence electrons.